The van der Waals surface area contributed by atoms with Crippen molar-refractivity contribution in [2.45, 2.75) is 10.1 Å². The van der Waals surface area contributed by atoms with Gasteiger partial charge in [-0.25, -0.2) is 0 Å². The fraction of sp³-hybridized carbons (Fsp3) is 0.0714. The van der Waals surface area contributed by atoms with Crippen molar-refractivity contribution >= 4 is 29.0 Å². The van der Waals surface area contributed by atoms with E-state index in [4.69, 9.17) is 5.73 Å². The molecule has 90 valence electrons. The minimum Gasteiger partial charge on any atom is -0.399 e. The third-order valence-corrected chi connectivity index (χ3v) is 4.18. The molecule has 3 nitrogen and oxygen atoms in total. The fourth-order valence-electron chi connectivity index (χ4n) is 1.97. The van der Waals surface area contributed by atoms with Crippen LogP contribution in [0.15, 0.2) is 53.4 Å². The van der Waals surface area contributed by atoms with E-state index < -0.39 is 0 Å². The molecule has 0 saturated heterocycles. The first-order valence-corrected chi connectivity index (χ1v) is 6.54. The van der Waals surface area contributed by atoms with Crippen molar-refractivity contribution in [1.29, 1.82) is 0 Å². The van der Waals surface area contributed by atoms with E-state index in [0.29, 0.717) is 5.69 Å². The number of anilines is 2. The molecule has 2 aromatic carbocycles. The molecule has 0 spiro atoms. The van der Waals surface area contributed by atoms with Crippen LogP contribution in [-0.2, 0) is 4.79 Å². The highest BCUT2D eigenvalue weighted by Crippen LogP contribution is 2.44. The molecular formula is C14H12N2OS. The fourth-order valence-corrected chi connectivity index (χ4v) is 3.07. The van der Waals surface area contributed by atoms with Gasteiger partial charge in [0.25, 0.3) is 0 Å². The summed E-state index contributed by atoms with van der Waals surface area (Å²) < 4.78 is 0. The Balaban J connectivity index is 1.97. The predicted molar refractivity (Wildman–Crippen MR) is 74.5 cm³/mol. The van der Waals surface area contributed by atoms with Crippen molar-refractivity contribution in [3.05, 3.63) is 54.1 Å². The molecule has 1 aliphatic heterocycles. The number of carbonyl (C=O) groups is 1. The molecule has 0 aliphatic carbocycles. The van der Waals surface area contributed by atoms with E-state index in [9.17, 15) is 4.79 Å². The lowest BCUT2D eigenvalue weighted by Gasteiger charge is -2.24. The molecule has 0 bridgehead atoms. The van der Waals surface area contributed by atoms with Gasteiger partial charge < -0.3 is 11.1 Å². The van der Waals surface area contributed by atoms with Gasteiger partial charge in [0, 0.05) is 10.6 Å². The molecule has 18 heavy (non-hydrogen) atoms. The molecule has 1 atom stereocenters. The smallest absolute Gasteiger partial charge is 0.242 e. The molecular weight excluding hydrogens is 244 g/mol. The van der Waals surface area contributed by atoms with Gasteiger partial charge in [-0.2, -0.15) is 0 Å². The quantitative estimate of drug-likeness (QED) is 0.771. The maximum Gasteiger partial charge on any atom is 0.242 e. The number of amides is 1. The molecule has 0 radical (unpaired) electrons. The molecule has 2 aromatic rings. The first-order valence-electron chi connectivity index (χ1n) is 5.66. The number of thioether (sulfide) groups is 1. The van der Waals surface area contributed by atoms with Crippen LogP contribution in [-0.4, -0.2) is 5.91 Å². The van der Waals surface area contributed by atoms with Gasteiger partial charge in [0.1, 0.15) is 5.25 Å². The lowest BCUT2D eigenvalue weighted by molar-refractivity contribution is -0.115. The zero-order valence-electron chi connectivity index (χ0n) is 9.59. The summed E-state index contributed by atoms with van der Waals surface area (Å²) in [4.78, 5) is 13.1. The van der Waals surface area contributed by atoms with E-state index >= 15 is 0 Å². The summed E-state index contributed by atoms with van der Waals surface area (Å²) in [7, 11) is 0. The van der Waals surface area contributed by atoms with Gasteiger partial charge in [0.2, 0.25) is 5.91 Å². The zero-order chi connectivity index (χ0) is 12.5. The summed E-state index contributed by atoms with van der Waals surface area (Å²) in [6, 6.07) is 15.4. The Morgan fingerprint density at radius 2 is 1.89 bits per heavy atom. The standard InChI is InChI=1S/C14H12N2OS/c15-10-6-7-12-11(8-10)16-14(17)13(18-12)9-4-2-1-3-5-9/h1-8,13H,15H2,(H,16,17). The number of rotatable bonds is 1. The van der Waals surface area contributed by atoms with Gasteiger partial charge in [-0.3, -0.25) is 4.79 Å². The maximum absolute atomic E-state index is 12.1. The van der Waals surface area contributed by atoms with Crippen LogP contribution in [0.1, 0.15) is 10.8 Å². The van der Waals surface area contributed by atoms with Crippen LogP contribution in [0.4, 0.5) is 11.4 Å². The van der Waals surface area contributed by atoms with Crippen LogP contribution in [0, 0.1) is 0 Å². The third-order valence-electron chi connectivity index (χ3n) is 2.85. The second-order valence-corrected chi connectivity index (χ2v) is 5.30. The van der Waals surface area contributed by atoms with Crippen LogP contribution in [0.5, 0.6) is 0 Å². The summed E-state index contributed by atoms with van der Waals surface area (Å²) in [6.07, 6.45) is 0. The predicted octanol–water partition coefficient (Wildman–Crippen LogP) is 3.05. The van der Waals surface area contributed by atoms with Gasteiger partial charge in [-0.05, 0) is 23.8 Å². The average Bonchev–Trinajstić information content (AvgIpc) is 2.39. The van der Waals surface area contributed by atoms with E-state index in [1.165, 1.54) is 0 Å². The second kappa shape index (κ2) is 4.38. The van der Waals surface area contributed by atoms with E-state index in [0.717, 1.165) is 16.1 Å². The Bertz CT molecular complexity index is 598. The second-order valence-electron chi connectivity index (χ2n) is 4.15. The molecule has 1 aliphatic rings. The van der Waals surface area contributed by atoms with Gasteiger partial charge >= 0.3 is 0 Å². The van der Waals surface area contributed by atoms with Gasteiger partial charge in [-0.15, -0.1) is 11.8 Å². The molecule has 0 fully saturated rings. The van der Waals surface area contributed by atoms with Crippen LogP contribution in [0.25, 0.3) is 0 Å². The first-order chi connectivity index (χ1) is 8.74. The minimum absolute atomic E-state index is 0.00398. The van der Waals surface area contributed by atoms with E-state index in [1.807, 2.05) is 42.5 Å². The molecule has 0 aromatic heterocycles. The van der Waals surface area contributed by atoms with Crippen LogP contribution >= 0.6 is 11.8 Å². The third kappa shape index (κ3) is 1.95. The zero-order valence-corrected chi connectivity index (χ0v) is 10.4. The Kier molecular flexibility index (Phi) is 2.72. The summed E-state index contributed by atoms with van der Waals surface area (Å²) >= 11 is 1.56. The lowest BCUT2D eigenvalue weighted by atomic mass is 10.1. The van der Waals surface area contributed by atoms with Crippen LogP contribution in [0.3, 0.4) is 0 Å². The summed E-state index contributed by atoms with van der Waals surface area (Å²) in [5.41, 5.74) is 8.19. The Morgan fingerprint density at radius 1 is 1.11 bits per heavy atom. The monoisotopic (exact) mass is 256 g/mol. The van der Waals surface area contributed by atoms with Gasteiger partial charge in [0.05, 0.1) is 5.69 Å². The SMILES string of the molecule is Nc1ccc2c(c1)NC(=O)C(c1ccccc1)S2. The maximum atomic E-state index is 12.1. The number of nitrogens with one attached hydrogen (secondary N) is 1. The average molecular weight is 256 g/mol. The number of benzene rings is 2. The molecule has 1 amide bonds. The first kappa shape index (κ1) is 11.2. The Hall–Kier alpha value is -1.94. The number of hydrogen-bond acceptors (Lipinski definition) is 3. The normalized spacial score (nSPS) is 18.0. The molecule has 1 unspecified atom stereocenters. The van der Waals surface area contributed by atoms with Crippen molar-refractivity contribution in [3.63, 3.8) is 0 Å². The van der Waals surface area contributed by atoms with E-state index in [2.05, 4.69) is 5.32 Å². The summed E-state index contributed by atoms with van der Waals surface area (Å²) in [6.45, 7) is 0. The van der Waals surface area contributed by atoms with Crippen LogP contribution < -0.4 is 11.1 Å². The summed E-state index contributed by atoms with van der Waals surface area (Å²) in [5, 5.41) is 2.72. The van der Waals surface area contributed by atoms with E-state index in [-0.39, 0.29) is 11.2 Å². The van der Waals surface area contributed by atoms with Crippen molar-refractivity contribution < 1.29 is 4.79 Å². The number of carbonyl (C=O) groups excluding carboxylic acids is 1. The highest BCUT2D eigenvalue weighted by atomic mass is 32.2. The van der Waals surface area contributed by atoms with Crippen molar-refractivity contribution in [2.75, 3.05) is 11.1 Å². The number of fused-ring (bicyclic) bond motifs is 1. The number of hydrogen-bond donors (Lipinski definition) is 2. The van der Waals surface area contributed by atoms with Crippen LogP contribution in [0.2, 0.25) is 0 Å². The largest absolute Gasteiger partial charge is 0.399 e. The molecule has 1 heterocycles. The Labute approximate surface area is 109 Å². The van der Waals surface area contributed by atoms with Crippen molar-refractivity contribution in [3.8, 4) is 0 Å². The Morgan fingerprint density at radius 3 is 2.67 bits per heavy atom. The number of nitrogen functional groups attached to an aromatic ring is 1. The molecule has 0 saturated carbocycles. The highest BCUT2D eigenvalue weighted by molar-refractivity contribution is 8.00. The van der Waals surface area contributed by atoms with Gasteiger partial charge in [-0.1, -0.05) is 30.3 Å². The van der Waals surface area contributed by atoms with Crippen molar-refractivity contribution in [1.82, 2.24) is 0 Å². The molecule has 3 rings (SSSR count). The van der Waals surface area contributed by atoms with E-state index in [1.54, 1.807) is 17.8 Å². The molecule has 4 heteroatoms. The summed E-state index contributed by atoms with van der Waals surface area (Å²) in [5.74, 6) is 0.00398. The lowest BCUT2D eigenvalue weighted by Crippen LogP contribution is -2.23. The van der Waals surface area contributed by atoms with Crippen molar-refractivity contribution in [2.24, 2.45) is 0 Å². The highest BCUT2D eigenvalue weighted by Gasteiger charge is 2.28. The topological polar surface area (TPSA) is 55.1 Å². The van der Waals surface area contributed by atoms with Gasteiger partial charge in [0.15, 0.2) is 0 Å². The number of nitrogens with two attached hydrogens (primary N) is 1. The minimum atomic E-state index is -0.192. The molecule has 3 N–H and O–H groups in total.